The number of hydrogen-bond acceptors (Lipinski definition) is 2. The van der Waals surface area contributed by atoms with Gasteiger partial charge in [-0.25, -0.2) is 4.39 Å². The predicted octanol–water partition coefficient (Wildman–Crippen LogP) is 3.42. The first-order valence-corrected chi connectivity index (χ1v) is 6.87. The average molecular weight is 361 g/mol. The monoisotopic (exact) mass is 361 g/mol. The number of rotatable bonds is 3. The maximum Gasteiger partial charge on any atom is 0.252 e. The molecule has 0 bridgehead atoms. The van der Waals surface area contributed by atoms with Crippen molar-refractivity contribution in [2.24, 2.45) is 0 Å². The van der Waals surface area contributed by atoms with Crippen LogP contribution in [-0.4, -0.2) is 5.91 Å². The molecule has 0 fully saturated rings. The van der Waals surface area contributed by atoms with E-state index in [0.717, 1.165) is 8.45 Å². The van der Waals surface area contributed by atoms with E-state index in [9.17, 15) is 9.18 Å². The van der Waals surface area contributed by atoms with Crippen LogP contribution in [0.5, 0.6) is 0 Å². The van der Waals surface area contributed by atoms with Crippen molar-refractivity contribution in [2.75, 3.05) is 0 Å². The maximum absolute atomic E-state index is 12.9. The smallest absolute Gasteiger partial charge is 0.252 e. The molecule has 0 unspecified atom stereocenters. The van der Waals surface area contributed by atoms with Gasteiger partial charge in [0.25, 0.3) is 5.91 Å². The Morgan fingerprint density at radius 3 is 2.88 bits per heavy atom. The van der Waals surface area contributed by atoms with Crippen LogP contribution in [0.15, 0.2) is 35.7 Å². The van der Waals surface area contributed by atoms with Crippen LogP contribution in [0, 0.1) is 8.70 Å². The van der Waals surface area contributed by atoms with Crippen LogP contribution in [0.2, 0.25) is 0 Å². The van der Waals surface area contributed by atoms with Gasteiger partial charge in [-0.05, 0) is 46.4 Å². The molecular weight excluding hydrogens is 352 g/mol. The number of halogens is 2. The number of benzene rings is 1. The van der Waals surface area contributed by atoms with Crippen LogP contribution in [-0.2, 0) is 6.54 Å². The van der Waals surface area contributed by atoms with Gasteiger partial charge in [0.1, 0.15) is 5.82 Å². The lowest BCUT2D eigenvalue weighted by atomic mass is 10.2. The Balaban J connectivity index is 1.97. The fourth-order valence-corrected chi connectivity index (χ4v) is 2.69. The number of carbonyl (C=O) groups is 1. The highest BCUT2D eigenvalue weighted by molar-refractivity contribution is 14.1. The summed E-state index contributed by atoms with van der Waals surface area (Å²) in [7, 11) is 0. The summed E-state index contributed by atoms with van der Waals surface area (Å²) in [6.45, 7) is 0.336. The highest BCUT2D eigenvalue weighted by Crippen LogP contribution is 2.16. The molecular formula is C12H9FINOS. The van der Waals surface area contributed by atoms with Gasteiger partial charge < -0.3 is 5.32 Å². The molecule has 1 aromatic carbocycles. The van der Waals surface area contributed by atoms with Crippen molar-refractivity contribution in [2.45, 2.75) is 6.54 Å². The molecule has 17 heavy (non-hydrogen) atoms. The molecule has 1 aromatic heterocycles. The predicted molar refractivity (Wildman–Crippen MR) is 74.6 cm³/mol. The van der Waals surface area contributed by atoms with Crippen LogP contribution in [0.3, 0.4) is 0 Å². The van der Waals surface area contributed by atoms with Gasteiger partial charge in [0, 0.05) is 11.9 Å². The highest BCUT2D eigenvalue weighted by atomic mass is 127. The summed E-state index contributed by atoms with van der Waals surface area (Å²) in [6, 6.07) is 8.03. The topological polar surface area (TPSA) is 29.1 Å². The van der Waals surface area contributed by atoms with Gasteiger partial charge in [-0.3, -0.25) is 4.79 Å². The van der Waals surface area contributed by atoms with Gasteiger partial charge in [-0.1, -0.05) is 12.1 Å². The minimum absolute atomic E-state index is 0.131. The zero-order chi connectivity index (χ0) is 12.3. The third-order valence-electron chi connectivity index (χ3n) is 2.17. The lowest BCUT2D eigenvalue weighted by molar-refractivity contribution is 0.0951. The quantitative estimate of drug-likeness (QED) is 0.834. The molecule has 5 heteroatoms. The van der Waals surface area contributed by atoms with E-state index in [1.807, 2.05) is 11.4 Å². The van der Waals surface area contributed by atoms with Crippen molar-refractivity contribution in [1.82, 2.24) is 5.32 Å². The summed E-state index contributed by atoms with van der Waals surface area (Å²) in [4.78, 5) is 11.7. The van der Waals surface area contributed by atoms with Gasteiger partial charge in [0.2, 0.25) is 0 Å². The molecule has 0 aliphatic rings. The summed E-state index contributed by atoms with van der Waals surface area (Å²) in [5.74, 6) is -0.421. The Bertz CT molecular complexity index is 541. The van der Waals surface area contributed by atoms with Crippen LogP contribution < -0.4 is 5.32 Å². The van der Waals surface area contributed by atoms with Gasteiger partial charge in [-0.2, -0.15) is 0 Å². The minimum atomic E-state index is -0.290. The van der Waals surface area contributed by atoms with Crippen LogP contribution >= 0.6 is 33.9 Å². The van der Waals surface area contributed by atoms with E-state index in [1.165, 1.54) is 23.5 Å². The van der Waals surface area contributed by atoms with Crippen molar-refractivity contribution in [3.8, 4) is 0 Å². The first-order chi connectivity index (χ1) is 8.15. The third-order valence-corrected chi connectivity index (χ3v) is 3.96. The molecule has 0 atom stereocenters. The molecule has 2 rings (SSSR count). The van der Waals surface area contributed by atoms with Gasteiger partial charge >= 0.3 is 0 Å². The Morgan fingerprint density at radius 1 is 1.41 bits per heavy atom. The van der Waals surface area contributed by atoms with Crippen molar-refractivity contribution >= 4 is 39.8 Å². The molecule has 0 spiro atoms. The van der Waals surface area contributed by atoms with Gasteiger partial charge in [-0.15, -0.1) is 11.3 Å². The van der Waals surface area contributed by atoms with Crippen molar-refractivity contribution in [3.63, 3.8) is 0 Å². The largest absolute Gasteiger partial charge is 0.348 e. The van der Waals surface area contributed by atoms with E-state index < -0.39 is 0 Å². The summed E-state index contributed by atoms with van der Waals surface area (Å²) < 4.78 is 14.0. The lowest BCUT2D eigenvalue weighted by Gasteiger charge is -2.03. The summed E-state index contributed by atoms with van der Waals surface area (Å²) >= 11 is 3.69. The molecule has 88 valence electrons. The fourth-order valence-electron chi connectivity index (χ4n) is 1.36. The van der Waals surface area contributed by atoms with Crippen LogP contribution in [0.4, 0.5) is 4.39 Å². The van der Waals surface area contributed by atoms with Gasteiger partial charge in [0.05, 0.1) is 8.45 Å². The number of thiophene rings is 1. The SMILES string of the molecule is O=C(NCc1cccc(F)c1)c1csc(I)c1. The molecule has 0 saturated carbocycles. The summed E-state index contributed by atoms with van der Waals surface area (Å²) in [5, 5.41) is 4.56. The first-order valence-electron chi connectivity index (χ1n) is 4.92. The van der Waals surface area contributed by atoms with E-state index in [2.05, 4.69) is 27.9 Å². The molecule has 1 amide bonds. The molecule has 1 heterocycles. The zero-order valence-electron chi connectivity index (χ0n) is 8.74. The second kappa shape index (κ2) is 5.59. The first kappa shape index (κ1) is 12.5. The Kier molecular flexibility index (Phi) is 4.11. The minimum Gasteiger partial charge on any atom is -0.348 e. The molecule has 2 nitrogen and oxygen atoms in total. The van der Waals surface area contributed by atoms with E-state index >= 15 is 0 Å². The van der Waals surface area contributed by atoms with Crippen molar-refractivity contribution in [3.05, 3.63) is 55.5 Å². The Labute approximate surface area is 116 Å². The Hall–Kier alpha value is -0.950. The summed E-state index contributed by atoms with van der Waals surface area (Å²) in [5.41, 5.74) is 1.40. The summed E-state index contributed by atoms with van der Waals surface area (Å²) in [6.07, 6.45) is 0. The van der Waals surface area contributed by atoms with E-state index in [-0.39, 0.29) is 11.7 Å². The van der Waals surface area contributed by atoms with E-state index in [0.29, 0.717) is 12.1 Å². The average Bonchev–Trinajstić information content (AvgIpc) is 2.73. The molecule has 0 saturated heterocycles. The van der Waals surface area contributed by atoms with E-state index in [1.54, 1.807) is 12.1 Å². The van der Waals surface area contributed by atoms with Crippen LogP contribution in [0.25, 0.3) is 0 Å². The number of hydrogen-bond donors (Lipinski definition) is 1. The molecule has 1 N–H and O–H groups in total. The van der Waals surface area contributed by atoms with Crippen molar-refractivity contribution < 1.29 is 9.18 Å². The normalized spacial score (nSPS) is 10.2. The zero-order valence-corrected chi connectivity index (χ0v) is 11.7. The number of nitrogens with one attached hydrogen (secondary N) is 1. The Morgan fingerprint density at radius 2 is 2.24 bits per heavy atom. The second-order valence-corrected chi connectivity index (χ2v) is 6.26. The molecule has 0 radical (unpaired) electrons. The molecule has 0 aliphatic carbocycles. The highest BCUT2D eigenvalue weighted by Gasteiger charge is 2.07. The van der Waals surface area contributed by atoms with Crippen LogP contribution in [0.1, 0.15) is 15.9 Å². The third kappa shape index (κ3) is 3.50. The fraction of sp³-hybridized carbons (Fsp3) is 0.0833. The van der Waals surface area contributed by atoms with Crippen molar-refractivity contribution in [1.29, 1.82) is 0 Å². The number of carbonyl (C=O) groups excluding carboxylic acids is 1. The molecule has 2 aromatic rings. The number of amides is 1. The second-order valence-electron chi connectivity index (χ2n) is 3.45. The van der Waals surface area contributed by atoms with Gasteiger partial charge in [0.15, 0.2) is 0 Å². The lowest BCUT2D eigenvalue weighted by Crippen LogP contribution is -2.22. The molecule has 0 aliphatic heterocycles. The maximum atomic E-state index is 12.9. The standard InChI is InChI=1S/C12H9FINOS/c13-10-3-1-2-8(4-10)6-15-12(16)9-5-11(14)17-7-9/h1-5,7H,6H2,(H,15,16). The van der Waals surface area contributed by atoms with E-state index in [4.69, 9.17) is 0 Å².